The molecule has 2 aromatic carbocycles. The van der Waals surface area contributed by atoms with Gasteiger partial charge in [-0.3, -0.25) is 9.59 Å². The second-order valence-corrected chi connectivity index (χ2v) is 8.04. The molecule has 1 amide bonds. The maximum Gasteiger partial charge on any atom is 0.290 e. The minimum atomic E-state index is -0.554. The molecule has 1 aliphatic heterocycles. The standard InChI is InChI=1S/C26H27NO5/c1-6-10-27-23(17-8-9-18(31-11-7-2)19(14-17)30-5)22-24(28)21-16(4)12-15(3)13-20(21)32-25(22)26(27)29/h7-9,12-14,23H,2,6,10-11H2,1,3-5H3. The SMILES string of the molecule is C=CCOc1ccc(C2c3c(oc4cc(C)cc(C)c4c3=O)C(=O)N2CCC)cc1OC. The van der Waals surface area contributed by atoms with Gasteiger partial charge in [0.25, 0.3) is 5.91 Å². The number of nitrogens with zero attached hydrogens (tertiary/aromatic N) is 1. The molecule has 0 N–H and O–H groups in total. The Morgan fingerprint density at radius 1 is 1.16 bits per heavy atom. The molecule has 0 radical (unpaired) electrons. The molecule has 0 saturated carbocycles. The molecule has 1 atom stereocenters. The second kappa shape index (κ2) is 8.54. The third-order valence-corrected chi connectivity index (χ3v) is 5.74. The third kappa shape index (κ3) is 3.45. The first kappa shape index (κ1) is 21.7. The zero-order chi connectivity index (χ0) is 23.0. The second-order valence-electron chi connectivity index (χ2n) is 8.04. The monoisotopic (exact) mass is 433 g/mol. The van der Waals surface area contributed by atoms with E-state index in [-0.39, 0.29) is 17.1 Å². The summed E-state index contributed by atoms with van der Waals surface area (Å²) in [4.78, 5) is 28.7. The van der Waals surface area contributed by atoms with Crippen molar-refractivity contribution in [2.75, 3.05) is 20.3 Å². The van der Waals surface area contributed by atoms with Gasteiger partial charge in [0.2, 0.25) is 5.76 Å². The molecule has 0 fully saturated rings. The van der Waals surface area contributed by atoms with E-state index in [1.165, 1.54) is 0 Å². The summed E-state index contributed by atoms with van der Waals surface area (Å²) >= 11 is 0. The van der Waals surface area contributed by atoms with Crippen LogP contribution in [0.25, 0.3) is 11.0 Å². The van der Waals surface area contributed by atoms with Crippen molar-refractivity contribution >= 4 is 16.9 Å². The molecule has 32 heavy (non-hydrogen) atoms. The Labute approximate surface area is 187 Å². The number of carbonyl (C=O) groups is 1. The summed E-state index contributed by atoms with van der Waals surface area (Å²) in [5.74, 6) is 0.950. The highest BCUT2D eigenvalue weighted by atomic mass is 16.5. The number of amides is 1. The minimum Gasteiger partial charge on any atom is -0.493 e. The van der Waals surface area contributed by atoms with Crippen molar-refractivity contribution in [1.82, 2.24) is 4.90 Å². The number of hydrogen-bond acceptors (Lipinski definition) is 5. The number of hydrogen-bond donors (Lipinski definition) is 0. The Hall–Kier alpha value is -3.54. The summed E-state index contributed by atoms with van der Waals surface area (Å²) in [6.45, 7) is 10.3. The Balaban J connectivity index is 1.95. The zero-order valence-electron chi connectivity index (χ0n) is 18.9. The number of fused-ring (bicyclic) bond motifs is 2. The van der Waals surface area contributed by atoms with Crippen LogP contribution in [0.5, 0.6) is 11.5 Å². The summed E-state index contributed by atoms with van der Waals surface area (Å²) in [5, 5.41) is 0.517. The summed E-state index contributed by atoms with van der Waals surface area (Å²) in [7, 11) is 1.56. The van der Waals surface area contributed by atoms with E-state index in [9.17, 15) is 9.59 Å². The van der Waals surface area contributed by atoms with Crippen molar-refractivity contribution in [3.8, 4) is 11.5 Å². The molecule has 0 bridgehead atoms. The first-order valence-corrected chi connectivity index (χ1v) is 10.7. The van der Waals surface area contributed by atoms with Gasteiger partial charge in [0.05, 0.1) is 24.1 Å². The quantitative estimate of drug-likeness (QED) is 0.494. The Kier molecular flexibility index (Phi) is 5.78. The lowest BCUT2D eigenvalue weighted by atomic mass is 9.96. The molecule has 4 rings (SSSR count). The third-order valence-electron chi connectivity index (χ3n) is 5.74. The van der Waals surface area contributed by atoms with Gasteiger partial charge in [-0.1, -0.05) is 31.7 Å². The van der Waals surface area contributed by atoms with E-state index in [4.69, 9.17) is 13.9 Å². The molecule has 1 aliphatic rings. The average Bonchev–Trinajstić information content (AvgIpc) is 3.04. The van der Waals surface area contributed by atoms with E-state index in [1.807, 2.05) is 45.0 Å². The van der Waals surface area contributed by atoms with E-state index in [0.717, 1.165) is 23.1 Å². The van der Waals surface area contributed by atoms with Crippen LogP contribution >= 0.6 is 0 Å². The van der Waals surface area contributed by atoms with Crippen LogP contribution in [0.4, 0.5) is 0 Å². The van der Waals surface area contributed by atoms with Gasteiger partial charge >= 0.3 is 0 Å². The number of carbonyl (C=O) groups excluding carboxylic acids is 1. The molecule has 0 aliphatic carbocycles. The fourth-order valence-corrected chi connectivity index (χ4v) is 4.45. The lowest BCUT2D eigenvalue weighted by Crippen LogP contribution is -2.30. The maximum atomic E-state index is 13.7. The van der Waals surface area contributed by atoms with Crippen LogP contribution in [0.2, 0.25) is 0 Å². The molecule has 3 aromatic rings. The van der Waals surface area contributed by atoms with E-state index >= 15 is 0 Å². The van der Waals surface area contributed by atoms with Gasteiger partial charge in [0, 0.05) is 6.54 Å². The largest absolute Gasteiger partial charge is 0.493 e. The summed E-state index contributed by atoms with van der Waals surface area (Å²) in [5.41, 5.74) is 3.24. The molecule has 6 heteroatoms. The lowest BCUT2D eigenvalue weighted by Gasteiger charge is -2.25. The number of benzene rings is 2. The summed E-state index contributed by atoms with van der Waals surface area (Å²) in [6, 6.07) is 8.68. The molecule has 6 nitrogen and oxygen atoms in total. The summed E-state index contributed by atoms with van der Waals surface area (Å²) < 4.78 is 17.2. The average molecular weight is 434 g/mol. The van der Waals surface area contributed by atoms with Gasteiger partial charge in [0.15, 0.2) is 16.9 Å². The smallest absolute Gasteiger partial charge is 0.290 e. The normalized spacial score (nSPS) is 15.2. The fraction of sp³-hybridized carbons (Fsp3) is 0.308. The fourth-order valence-electron chi connectivity index (χ4n) is 4.45. The maximum absolute atomic E-state index is 13.7. The molecule has 0 saturated heterocycles. The van der Waals surface area contributed by atoms with Crippen molar-refractivity contribution in [2.24, 2.45) is 0 Å². The Bertz CT molecular complexity index is 1270. The van der Waals surface area contributed by atoms with Crippen LogP contribution < -0.4 is 14.9 Å². The predicted octanol–water partition coefficient (Wildman–Crippen LogP) is 4.94. The minimum absolute atomic E-state index is 0.122. The molecule has 166 valence electrons. The molecule has 0 spiro atoms. The highest BCUT2D eigenvalue weighted by molar-refractivity contribution is 5.99. The van der Waals surface area contributed by atoms with Crippen molar-refractivity contribution in [2.45, 2.75) is 33.2 Å². The van der Waals surface area contributed by atoms with Crippen LogP contribution in [-0.4, -0.2) is 31.1 Å². The van der Waals surface area contributed by atoms with Crippen LogP contribution in [0.1, 0.15) is 52.2 Å². The molecule has 1 aromatic heterocycles. The van der Waals surface area contributed by atoms with Gasteiger partial charge < -0.3 is 18.8 Å². The predicted molar refractivity (Wildman–Crippen MR) is 124 cm³/mol. The first-order chi connectivity index (χ1) is 15.4. The van der Waals surface area contributed by atoms with Gasteiger partial charge in [-0.25, -0.2) is 0 Å². The van der Waals surface area contributed by atoms with Crippen LogP contribution in [-0.2, 0) is 0 Å². The van der Waals surface area contributed by atoms with E-state index < -0.39 is 6.04 Å². The topological polar surface area (TPSA) is 69.0 Å². The van der Waals surface area contributed by atoms with Gasteiger partial charge in [-0.05, 0) is 55.2 Å². The van der Waals surface area contributed by atoms with E-state index in [1.54, 1.807) is 24.2 Å². The number of methoxy groups -OCH3 is 1. The van der Waals surface area contributed by atoms with Gasteiger partial charge in [-0.15, -0.1) is 0 Å². The van der Waals surface area contributed by atoms with Crippen molar-refractivity contribution in [1.29, 1.82) is 0 Å². The van der Waals surface area contributed by atoms with E-state index in [0.29, 0.717) is 41.2 Å². The van der Waals surface area contributed by atoms with Crippen molar-refractivity contribution < 1.29 is 18.7 Å². The highest BCUT2D eigenvalue weighted by Gasteiger charge is 2.42. The lowest BCUT2D eigenvalue weighted by molar-refractivity contribution is 0.0728. The Morgan fingerprint density at radius 2 is 1.94 bits per heavy atom. The van der Waals surface area contributed by atoms with Crippen molar-refractivity contribution in [3.63, 3.8) is 0 Å². The molecule has 1 unspecified atom stereocenters. The molecular formula is C26H27NO5. The van der Waals surface area contributed by atoms with Crippen LogP contribution in [0.3, 0.4) is 0 Å². The van der Waals surface area contributed by atoms with E-state index in [2.05, 4.69) is 6.58 Å². The zero-order valence-corrected chi connectivity index (χ0v) is 18.9. The molecular weight excluding hydrogens is 406 g/mol. The van der Waals surface area contributed by atoms with Gasteiger partial charge in [0.1, 0.15) is 12.2 Å². The van der Waals surface area contributed by atoms with Gasteiger partial charge in [-0.2, -0.15) is 0 Å². The van der Waals surface area contributed by atoms with Crippen LogP contribution in [0.15, 0.2) is 52.2 Å². The molecule has 2 heterocycles. The highest BCUT2D eigenvalue weighted by Crippen LogP contribution is 2.41. The Morgan fingerprint density at radius 3 is 2.62 bits per heavy atom. The first-order valence-electron chi connectivity index (χ1n) is 10.7. The number of ether oxygens (including phenoxy) is 2. The summed E-state index contributed by atoms with van der Waals surface area (Å²) in [6.07, 6.45) is 2.41. The number of aryl methyl sites for hydroxylation is 2. The van der Waals surface area contributed by atoms with Crippen LogP contribution in [0, 0.1) is 13.8 Å². The van der Waals surface area contributed by atoms with Crippen molar-refractivity contribution in [3.05, 3.63) is 81.2 Å². The number of rotatable bonds is 7.